The Bertz CT molecular complexity index is 739. The van der Waals surface area contributed by atoms with Gasteiger partial charge in [-0.1, -0.05) is 0 Å². The summed E-state index contributed by atoms with van der Waals surface area (Å²) >= 11 is 1.15. The summed E-state index contributed by atoms with van der Waals surface area (Å²) in [5, 5.41) is 2.65. The highest BCUT2D eigenvalue weighted by molar-refractivity contribution is 7.93. The fraction of sp³-hybridized carbons (Fsp3) is 0.231. The van der Waals surface area contributed by atoms with Crippen molar-refractivity contribution in [3.63, 3.8) is 0 Å². The van der Waals surface area contributed by atoms with Gasteiger partial charge in [0.1, 0.15) is 4.90 Å². The number of amides is 1. The molecule has 0 saturated carbocycles. The third-order valence-electron chi connectivity index (χ3n) is 2.64. The Morgan fingerprint density at radius 1 is 1.43 bits per heavy atom. The quantitative estimate of drug-likeness (QED) is 0.880. The second kappa shape index (κ2) is 6.23. The molecule has 0 saturated heterocycles. The monoisotopic (exact) mass is 325 g/mol. The molecule has 2 N–H and O–H groups in total. The summed E-state index contributed by atoms with van der Waals surface area (Å²) < 4.78 is 27.1. The van der Waals surface area contributed by atoms with Crippen LogP contribution < -0.4 is 10.0 Å². The van der Waals surface area contributed by atoms with Gasteiger partial charge in [-0.2, -0.15) is 0 Å². The number of anilines is 1. The van der Waals surface area contributed by atoms with E-state index in [0.717, 1.165) is 11.3 Å². The van der Waals surface area contributed by atoms with Crippen LogP contribution in [0, 0.1) is 6.92 Å². The number of aromatic nitrogens is 1. The number of rotatable bonds is 5. The van der Waals surface area contributed by atoms with Crippen LogP contribution in [0.5, 0.6) is 0 Å². The van der Waals surface area contributed by atoms with Crippen molar-refractivity contribution in [2.45, 2.75) is 18.7 Å². The van der Waals surface area contributed by atoms with Crippen molar-refractivity contribution < 1.29 is 13.2 Å². The molecule has 0 bridgehead atoms. The first kappa shape index (κ1) is 15.5. The predicted molar refractivity (Wildman–Crippen MR) is 82.1 cm³/mol. The maximum absolute atomic E-state index is 12.4. The number of hydrogen-bond donors (Lipinski definition) is 2. The first-order chi connectivity index (χ1) is 9.94. The van der Waals surface area contributed by atoms with Gasteiger partial charge in [0.05, 0.1) is 16.8 Å². The number of thiophene rings is 1. The summed E-state index contributed by atoms with van der Waals surface area (Å²) in [6, 6.07) is 4.64. The van der Waals surface area contributed by atoms with Crippen molar-refractivity contribution in [2.24, 2.45) is 0 Å². The standard InChI is InChI=1S/C13H15N3O3S2/c1-3-15-13(17)11-7-12(9(2)20-11)21(18,19)16-10-5-4-6-14-8-10/h4-8,16H,3H2,1-2H3,(H,15,17). The lowest BCUT2D eigenvalue weighted by Gasteiger charge is -2.06. The van der Waals surface area contributed by atoms with Crippen molar-refractivity contribution in [3.8, 4) is 0 Å². The second-order valence-electron chi connectivity index (χ2n) is 4.24. The molecule has 2 aromatic rings. The van der Waals surface area contributed by atoms with Crippen LogP contribution in [0.25, 0.3) is 0 Å². The molecule has 2 aromatic heterocycles. The Labute approximate surface area is 127 Å². The van der Waals surface area contributed by atoms with E-state index in [-0.39, 0.29) is 10.8 Å². The van der Waals surface area contributed by atoms with Crippen LogP contribution in [0.15, 0.2) is 35.5 Å². The molecule has 21 heavy (non-hydrogen) atoms. The van der Waals surface area contributed by atoms with Crippen molar-refractivity contribution in [3.05, 3.63) is 40.3 Å². The van der Waals surface area contributed by atoms with Gasteiger partial charge >= 0.3 is 0 Å². The molecule has 0 aliphatic rings. The summed E-state index contributed by atoms with van der Waals surface area (Å²) in [7, 11) is -3.73. The number of pyridine rings is 1. The molecule has 0 radical (unpaired) electrons. The topological polar surface area (TPSA) is 88.2 Å². The maximum Gasteiger partial charge on any atom is 0.263 e. The molecule has 0 atom stereocenters. The minimum atomic E-state index is -3.73. The Balaban J connectivity index is 2.30. The first-order valence-electron chi connectivity index (χ1n) is 6.25. The summed E-state index contributed by atoms with van der Waals surface area (Å²) in [4.78, 5) is 16.7. The number of nitrogens with zero attached hydrogens (tertiary/aromatic N) is 1. The Morgan fingerprint density at radius 3 is 2.81 bits per heavy atom. The van der Waals surface area contributed by atoms with Crippen LogP contribution in [0.2, 0.25) is 0 Å². The number of hydrogen-bond acceptors (Lipinski definition) is 5. The molecule has 0 spiro atoms. The first-order valence-corrected chi connectivity index (χ1v) is 8.55. The summed E-state index contributed by atoms with van der Waals surface area (Å²) in [5.74, 6) is -0.270. The van der Waals surface area contributed by atoms with Gasteiger partial charge in [0, 0.05) is 17.6 Å². The van der Waals surface area contributed by atoms with Crippen molar-refractivity contribution >= 4 is 33.0 Å². The fourth-order valence-corrected chi connectivity index (χ4v) is 4.28. The third-order valence-corrected chi connectivity index (χ3v) is 5.32. The molecular formula is C13H15N3O3S2. The third kappa shape index (κ3) is 3.59. The second-order valence-corrected chi connectivity index (χ2v) is 7.14. The molecular weight excluding hydrogens is 310 g/mol. The molecule has 8 heteroatoms. The average Bonchev–Trinajstić information content (AvgIpc) is 2.83. The van der Waals surface area contributed by atoms with Crippen LogP contribution in [-0.2, 0) is 10.0 Å². The lowest BCUT2D eigenvalue weighted by atomic mass is 10.4. The number of carbonyl (C=O) groups excluding carboxylic acids is 1. The SMILES string of the molecule is CCNC(=O)c1cc(S(=O)(=O)Nc2cccnc2)c(C)s1. The van der Waals surface area contributed by atoms with Gasteiger partial charge in [-0.15, -0.1) is 11.3 Å². The average molecular weight is 325 g/mol. The van der Waals surface area contributed by atoms with E-state index in [0.29, 0.717) is 22.0 Å². The lowest BCUT2D eigenvalue weighted by Crippen LogP contribution is -2.21. The van der Waals surface area contributed by atoms with E-state index in [1.165, 1.54) is 12.3 Å². The van der Waals surface area contributed by atoms with E-state index < -0.39 is 10.0 Å². The zero-order valence-electron chi connectivity index (χ0n) is 11.6. The Hall–Kier alpha value is -1.93. The largest absolute Gasteiger partial charge is 0.352 e. The molecule has 2 rings (SSSR count). The van der Waals surface area contributed by atoms with Crippen molar-refractivity contribution in [2.75, 3.05) is 11.3 Å². The van der Waals surface area contributed by atoms with Gasteiger partial charge < -0.3 is 5.32 Å². The van der Waals surface area contributed by atoms with Crippen LogP contribution >= 0.6 is 11.3 Å². The molecule has 0 aromatic carbocycles. The molecule has 0 unspecified atom stereocenters. The van der Waals surface area contributed by atoms with Crippen LogP contribution in [0.4, 0.5) is 5.69 Å². The fourth-order valence-electron chi connectivity index (χ4n) is 1.73. The maximum atomic E-state index is 12.4. The van der Waals surface area contributed by atoms with E-state index in [1.54, 1.807) is 32.2 Å². The van der Waals surface area contributed by atoms with Gasteiger partial charge in [-0.3, -0.25) is 14.5 Å². The van der Waals surface area contributed by atoms with Crippen LogP contribution in [0.3, 0.4) is 0 Å². The molecule has 1 amide bonds. The molecule has 0 aliphatic heterocycles. The molecule has 2 heterocycles. The molecule has 0 aliphatic carbocycles. The summed E-state index contributed by atoms with van der Waals surface area (Å²) in [6.07, 6.45) is 2.98. The number of carbonyl (C=O) groups is 1. The Kier molecular flexibility index (Phi) is 4.59. The zero-order valence-corrected chi connectivity index (χ0v) is 13.2. The van der Waals surface area contributed by atoms with Gasteiger partial charge in [0.25, 0.3) is 15.9 Å². The van der Waals surface area contributed by atoms with Crippen molar-refractivity contribution in [1.82, 2.24) is 10.3 Å². The van der Waals surface area contributed by atoms with Gasteiger partial charge in [0.2, 0.25) is 0 Å². The van der Waals surface area contributed by atoms with Gasteiger partial charge in [-0.25, -0.2) is 8.42 Å². The summed E-state index contributed by atoms with van der Waals surface area (Å²) in [5.41, 5.74) is 0.377. The van der Waals surface area contributed by atoms with Crippen LogP contribution in [0.1, 0.15) is 21.5 Å². The van der Waals surface area contributed by atoms with E-state index in [4.69, 9.17) is 0 Å². The molecule has 0 fully saturated rings. The van der Waals surface area contributed by atoms with E-state index in [2.05, 4.69) is 15.0 Å². The smallest absolute Gasteiger partial charge is 0.263 e. The highest BCUT2D eigenvalue weighted by Crippen LogP contribution is 2.27. The van der Waals surface area contributed by atoms with Gasteiger partial charge in [0.15, 0.2) is 0 Å². The van der Waals surface area contributed by atoms with E-state index in [9.17, 15) is 13.2 Å². The lowest BCUT2D eigenvalue weighted by molar-refractivity contribution is 0.0959. The van der Waals surface area contributed by atoms with E-state index in [1.807, 2.05) is 0 Å². The number of aryl methyl sites for hydroxylation is 1. The van der Waals surface area contributed by atoms with Crippen LogP contribution in [-0.4, -0.2) is 25.9 Å². The highest BCUT2D eigenvalue weighted by atomic mass is 32.2. The minimum Gasteiger partial charge on any atom is -0.352 e. The minimum absolute atomic E-state index is 0.109. The highest BCUT2D eigenvalue weighted by Gasteiger charge is 2.22. The molecule has 6 nitrogen and oxygen atoms in total. The number of nitrogens with one attached hydrogen (secondary N) is 2. The predicted octanol–water partition coefficient (Wildman–Crippen LogP) is 2.00. The van der Waals surface area contributed by atoms with E-state index >= 15 is 0 Å². The zero-order chi connectivity index (χ0) is 15.5. The normalized spacial score (nSPS) is 11.1. The Morgan fingerprint density at radius 2 is 2.19 bits per heavy atom. The number of sulfonamides is 1. The van der Waals surface area contributed by atoms with Crippen molar-refractivity contribution in [1.29, 1.82) is 0 Å². The summed E-state index contributed by atoms with van der Waals surface area (Å²) in [6.45, 7) is 3.97. The van der Waals surface area contributed by atoms with Gasteiger partial charge in [-0.05, 0) is 32.0 Å². The molecule has 112 valence electrons.